The number of likely N-dealkylation sites (N-methyl/N-ethyl adjacent to an activating group) is 1. The Hall–Kier alpha value is -0.610. The van der Waals surface area contributed by atoms with E-state index in [0.29, 0.717) is 24.9 Å². The molecule has 0 spiro atoms. The maximum absolute atomic E-state index is 10.8. The Bertz CT molecular complexity index is 171. The number of carbonyl (C=O) groups excluding carboxylic acids is 1. The fourth-order valence-electron chi connectivity index (χ4n) is 1.42. The summed E-state index contributed by atoms with van der Waals surface area (Å²) in [6.45, 7) is 9.01. The molecule has 0 radical (unpaired) electrons. The molecule has 0 aliphatic carbocycles. The van der Waals surface area contributed by atoms with Crippen LogP contribution in [-0.2, 0) is 4.79 Å². The van der Waals surface area contributed by atoms with Crippen molar-refractivity contribution in [2.24, 2.45) is 23.3 Å². The van der Waals surface area contributed by atoms with Crippen molar-refractivity contribution in [3.63, 3.8) is 0 Å². The Labute approximate surface area is 86.6 Å². The van der Waals surface area contributed by atoms with Gasteiger partial charge in [-0.3, -0.25) is 9.69 Å². The topological polar surface area (TPSA) is 72.3 Å². The van der Waals surface area contributed by atoms with E-state index in [1.807, 2.05) is 11.8 Å². The second-order valence-corrected chi connectivity index (χ2v) is 4.03. The van der Waals surface area contributed by atoms with Gasteiger partial charge in [-0.2, -0.15) is 0 Å². The van der Waals surface area contributed by atoms with Crippen LogP contribution in [0.1, 0.15) is 20.8 Å². The van der Waals surface area contributed by atoms with Crippen LogP contribution in [0.4, 0.5) is 0 Å². The van der Waals surface area contributed by atoms with Gasteiger partial charge in [0, 0.05) is 6.54 Å². The summed E-state index contributed by atoms with van der Waals surface area (Å²) in [7, 11) is 0. The third kappa shape index (κ3) is 5.19. The maximum Gasteiger partial charge on any atom is 0.231 e. The van der Waals surface area contributed by atoms with Gasteiger partial charge >= 0.3 is 0 Å². The molecular formula is C10H23N3O. The minimum absolute atomic E-state index is 0.272. The lowest BCUT2D eigenvalue weighted by Crippen LogP contribution is -2.40. The molecule has 1 unspecified atom stereocenters. The average Bonchev–Trinajstić information content (AvgIpc) is 2.10. The molecule has 0 saturated heterocycles. The highest BCUT2D eigenvalue weighted by atomic mass is 16.1. The summed E-state index contributed by atoms with van der Waals surface area (Å²) >= 11 is 0. The van der Waals surface area contributed by atoms with Crippen molar-refractivity contribution in [3.05, 3.63) is 0 Å². The fraction of sp³-hybridized carbons (Fsp3) is 0.900. The van der Waals surface area contributed by atoms with Crippen LogP contribution in [-0.4, -0.2) is 37.0 Å². The van der Waals surface area contributed by atoms with E-state index in [1.54, 1.807) is 0 Å². The predicted molar refractivity (Wildman–Crippen MR) is 58.7 cm³/mol. The lowest BCUT2D eigenvalue weighted by atomic mass is 9.95. The van der Waals surface area contributed by atoms with Crippen LogP contribution in [0, 0.1) is 11.8 Å². The van der Waals surface area contributed by atoms with Gasteiger partial charge in [0.25, 0.3) is 0 Å². The van der Waals surface area contributed by atoms with Gasteiger partial charge in [-0.05, 0) is 24.9 Å². The zero-order valence-corrected chi connectivity index (χ0v) is 9.49. The minimum atomic E-state index is -0.272. The summed E-state index contributed by atoms with van der Waals surface area (Å²) in [5, 5.41) is 0. The van der Waals surface area contributed by atoms with Crippen molar-refractivity contribution in [2.75, 3.05) is 26.2 Å². The summed E-state index contributed by atoms with van der Waals surface area (Å²) in [5.41, 5.74) is 10.8. The molecule has 4 heteroatoms. The van der Waals surface area contributed by atoms with E-state index >= 15 is 0 Å². The van der Waals surface area contributed by atoms with Gasteiger partial charge < -0.3 is 11.5 Å². The molecule has 0 aromatic rings. The van der Waals surface area contributed by atoms with Crippen LogP contribution in [0.5, 0.6) is 0 Å². The van der Waals surface area contributed by atoms with E-state index in [2.05, 4.69) is 13.8 Å². The van der Waals surface area contributed by atoms with Gasteiger partial charge in [0.05, 0.1) is 6.54 Å². The monoisotopic (exact) mass is 201 g/mol. The number of nitrogens with zero attached hydrogens (tertiary/aromatic N) is 1. The zero-order valence-electron chi connectivity index (χ0n) is 9.49. The molecule has 0 aromatic heterocycles. The number of carbonyl (C=O) groups is 1. The first-order valence-electron chi connectivity index (χ1n) is 5.21. The second kappa shape index (κ2) is 6.79. The van der Waals surface area contributed by atoms with E-state index in [-0.39, 0.29) is 5.91 Å². The van der Waals surface area contributed by atoms with Crippen LogP contribution in [0.25, 0.3) is 0 Å². The van der Waals surface area contributed by atoms with E-state index in [4.69, 9.17) is 11.5 Å². The van der Waals surface area contributed by atoms with E-state index < -0.39 is 0 Å². The predicted octanol–water partition coefficient (Wildman–Crippen LogP) is 0.0245. The van der Waals surface area contributed by atoms with Crippen molar-refractivity contribution in [3.8, 4) is 0 Å². The molecule has 0 heterocycles. The first-order valence-corrected chi connectivity index (χ1v) is 5.21. The summed E-state index contributed by atoms with van der Waals surface area (Å²) < 4.78 is 0. The van der Waals surface area contributed by atoms with Crippen LogP contribution in [0.3, 0.4) is 0 Å². The molecule has 14 heavy (non-hydrogen) atoms. The highest BCUT2D eigenvalue weighted by Gasteiger charge is 2.16. The van der Waals surface area contributed by atoms with Crippen molar-refractivity contribution in [2.45, 2.75) is 20.8 Å². The van der Waals surface area contributed by atoms with Crippen LogP contribution < -0.4 is 11.5 Å². The Morgan fingerprint density at radius 1 is 1.43 bits per heavy atom. The number of amides is 1. The molecule has 0 rings (SSSR count). The van der Waals surface area contributed by atoms with Crippen molar-refractivity contribution >= 4 is 5.91 Å². The summed E-state index contributed by atoms with van der Waals surface area (Å²) in [6, 6.07) is 0. The number of rotatable bonds is 7. The Balaban J connectivity index is 4.07. The average molecular weight is 201 g/mol. The quantitative estimate of drug-likeness (QED) is 0.610. The second-order valence-electron chi connectivity index (χ2n) is 4.03. The van der Waals surface area contributed by atoms with Gasteiger partial charge in [-0.15, -0.1) is 0 Å². The van der Waals surface area contributed by atoms with E-state index in [0.717, 1.165) is 13.1 Å². The highest BCUT2D eigenvalue weighted by Crippen LogP contribution is 2.10. The van der Waals surface area contributed by atoms with Crippen LogP contribution >= 0.6 is 0 Å². The first kappa shape index (κ1) is 13.4. The molecule has 1 atom stereocenters. The molecule has 4 N–H and O–H groups in total. The Morgan fingerprint density at radius 2 is 2.00 bits per heavy atom. The van der Waals surface area contributed by atoms with Crippen molar-refractivity contribution in [1.29, 1.82) is 0 Å². The Kier molecular flexibility index (Phi) is 6.49. The highest BCUT2D eigenvalue weighted by molar-refractivity contribution is 5.75. The first-order chi connectivity index (χ1) is 6.51. The van der Waals surface area contributed by atoms with Crippen LogP contribution in [0.15, 0.2) is 0 Å². The lowest BCUT2D eigenvalue weighted by molar-refractivity contribution is -0.119. The molecule has 0 saturated carbocycles. The number of hydrogen-bond donors (Lipinski definition) is 2. The molecule has 0 aliphatic heterocycles. The SMILES string of the molecule is CCN(CC(N)=O)CC(CN)C(C)C. The van der Waals surface area contributed by atoms with Gasteiger partial charge in [-0.1, -0.05) is 20.8 Å². The van der Waals surface area contributed by atoms with Gasteiger partial charge in [0.15, 0.2) is 0 Å². The maximum atomic E-state index is 10.8. The number of hydrogen-bond acceptors (Lipinski definition) is 3. The van der Waals surface area contributed by atoms with Crippen molar-refractivity contribution in [1.82, 2.24) is 4.90 Å². The molecule has 0 aromatic carbocycles. The molecule has 0 bridgehead atoms. The zero-order chi connectivity index (χ0) is 11.1. The van der Waals surface area contributed by atoms with Crippen molar-refractivity contribution < 1.29 is 4.79 Å². The number of nitrogens with two attached hydrogens (primary N) is 2. The summed E-state index contributed by atoms with van der Waals surface area (Å²) in [4.78, 5) is 12.8. The smallest absolute Gasteiger partial charge is 0.231 e. The van der Waals surface area contributed by atoms with Gasteiger partial charge in [-0.25, -0.2) is 0 Å². The molecule has 84 valence electrons. The third-order valence-corrected chi connectivity index (χ3v) is 2.56. The lowest BCUT2D eigenvalue weighted by Gasteiger charge is -2.26. The molecule has 0 fully saturated rings. The largest absolute Gasteiger partial charge is 0.369 e. The fourth-order valence-corrected chi connectivity index (χ4v) is 1.42. The molecule has 4 nitrogen and oxygen atoms in total. The third-order valence-electron chi connectivity index (χ3n) is 2.56. The number of primary amides is 1. The van der Waals surface area contributed by atoms with Gasteiger partial charge in [0.2, 0.25) is 5.91 Å². The molecular weight excluding hydrogens is 178 g/mol. The standard InChI is InChI=1S/C10H23N3O/c1-4-13(7-10(12)14)6-9(5-11)8(2)3/h8-9H,4-7,11H2,1-3H3,(H2,12,14). The molecule has 1 amide bonds. The summed E-state index contributed by atoms with van der Waals surface area (Å²) in [5.74, 6) is 0.711. The van der Waals surface area contributed by atoms with Crippen LogP contribution in [0.2, 0.25) is 0 Å². The normalized spacial score (nSPS) is 13.6. The Morgan fingerprint density at radius 3 is 2.29 bits per heavy atom. The van der Waals surface area contributed by atoms with E-state index in [9.17, 15) is 4.79 Å². The summed E-state index contributed by atoms with van der Waals surface area (Å²) in [6.07, 6.45) is 0. The molecule has 0 aliphatic rings. The minimum Gasteiger partial charge on any atom is -0.369 e. The van der Waals surface area contributed by atoms with E-state index in [1.165, 1.54) is 0 Å². The van der Waals surface area contributed by atoms with Gasteiger partial charge in [0.1, 0.15) is 0 Å².